The lowest BCUT2D eigenvalue weighted by atomic mass is 10.0. The second kappa shape index (κ2) is 7.71. The Morgan fingerprint density at radius 3 is 2.89 bits per heavy atom. The molecule has 4 heteroatoms. The monoisotopic (exact) mass is 251 g/mol. The van der Waals surface area contributed by atoms with Crippen molar-refractivity contribution in [3.8, 4) is 5.75 Å². The molecular formula is C14H21NO3. The van der Waals surface area contributed by atoms with Gasteiger partial charge in [0.2, 0.25) is 0 Å². The molecule has 0 heterocycles. The smallest absolute Gasteiger partial charge is 0.307 e. The summed E-state index contributed by atoms with van der Waals surface area (Å²) in [6.45, 7) is 2.52. The van der Waals surface area contributed by atoms with Crippen LogP contribution in [0.5, 0.6) is 5.75 Å². The van der Waals surface area contributed by atoms with Gasteiger partial charge in [-0.15, -0.1) is 0 Å². The van der Waals surface area contributed by atoms with E-state index >= 15 is 0 Å². The number of carbonyl (C=O) groups excluding carboxylic acids is 1. The lowest BCUT2D eigenvalue weighted by Gasteiger charge is -2.12. The summed E-state index contributed by atoms with van der Waals surface area (Å²) in [6, 6.07) is 7.07. The zero-order valence-electron chi connectivity index (χ0n) is 11.0. The van der Waals surface area contributed by atoms with Crippen molar-refractivity contribution in [3.05, 3.63) is 29.8 Å². The van der Waals surface area contributed by atoms with Crippen molar-refractivity contribution < 1.29 is 14.3 Å². The second-order valence-electron chi connectivity index (χ2n) is 4.16. The minimum Gasteiger partial charge on any atom is -0.497 e. The molecule has 0 saturated heterocycles. The topological polar surface area (TPSA) is 61.5 Å². The number of benzene rings is 1. The molecule has 1 aromatic rings. The average molecular weight is 251 g/mol. The molecule has 4 nitrogen and oxygen atoms in total. The quantitative estimate of drug-likeness (QED) is 0.597. The van der Waals surface area contributed by atoms with E-state index in [1.807, 2.05) is 24.3 Å². The highest BCUT2D eigenvalue weighted by molar-refractivity contribution is 5.70. The summed E-state index contributed by atoms with van der Waals surface area (Å²) in [6.07, 6.45) is 2.09. The van der Waals surface area contributed by atoms with Crippen LogP contribution in [-0.2, 0) is 9.53 Å². The van der Waals surface area contributed by atoms with Crippen LogP contribution in [-0.4, -0.2) is 19.7 Å². The van der Waals surface area contributed by atoms with Crippen molar-refractivity contribution in [3.63, 3.8) is 0 Å². The van der Waals surface area contributed by atoms with E-state index in [-0.39, 0.29) is 18.4 Å². The van der Waals surface area contributed by atoms with Crippen LogP contribution in [0.3, 0.4) is 0 Å². The fraction of sp³-hybridized carbons (Fsp3) is 0.500. The highest BCUT2D eigenvalue weighted by Gasteiger charge is 2.13. The van der Waals surface area contributed by atoms with Gasteiger partial charge in [-0.3, -0.25) is 4.79 Å². The van der Waals surface area contributed by atoms with Gasteiger partial charge in [0, 0.05) is 6.04 Å². The van der Waals surface area contributed by atoms with Gasteiger partial charge in [-0.25, -0.2) is 0 Å². The van der Waals surface area contributed by atoms with Crippen molar-refractivity contribution >= 4 is 5.97 Å². The highest BCUT2D eigenvalue weighted by Crippen LogP contribution is 2.20. The summed E-state index contributed by atoms with van der Waals surface area (Å²) in [5, 5.41) is 0. The van der Waals surface area contributed by atoms with Gasteiger partial charge in [-0.05, 0) is 24.1 Å². The number of ether oxygens (including phenoxy) is 2. The zero-order chi connectivity index (χ0) is 13.4. The maximum atomic E-state index is 11.5. The molecule has 0 saturated carbocycles. The Kier molecular flexibility index (Phi) is 6.22. The molecule has 0 aliphatic rings. The van der Waals surface area contributed by atoms with E-state index in [0.29, 0.717) is 6.61 Å². The molecule has 0 aromatic heterocycles. The second-order valence-corrected chi connectivity index (χ2v) is 4.16. The number of hydrogen-bond acceptors (Lipinski definition) is 4. The molecule has 0 spiro atoms. The van der Waals surface area contributed by atoms with E-state index in [1.54, 1.807) is 7.11 Å². The maximum absolute atomic E-state index is 11.5. The third-order valence-corrected chi connectivity index (χ3v) is 2.67. The van der Waals surface area contributed by atoms with Crippen LogP contribution in [0.1, 0.15) is 37.8 Å². The van der Waals surface area contributed by atoms with Gasteiger partial charge in [-0.1, -0.05) is 25.5 Å². The van der Waals surface area contributed by atoms with Gasteiger partial charge >= 0.3 is 5.97 Å². The number of esters is 1. The van der Waals surface area contributed by atoms with Crippen molar-refractivity contribution in [2.45, 2.75) is 32.2 Å². The highest BCUT2D eigenvalue weighted by atomic mass is 16.5. The predicted molar refractivity (Wildman–Crippen MR) is 70.4 cm³/mol. The summed E-state index contributed by atoms with van der Waals surface area (Å²) < 4.78 is 10.2. The summed E-state index contributed by atoms with van der Waals surface area (Å²) >= 11 is 0. The van der Waals surface area contributed by atoms with Gasteiger partial charge in [-0.2, -0.15) is 0 Å². The number of hydrogen-bond donors (Lipinski definition) is 1. The Hall–Kier alpha value is -1.55. The summed E-state index contributed by atoms with van der Waals surface area (Å²) in [4.78, 5) is 11.5. The number of methoxy groups -OCH3 is 1. The lowest BCUT2D eigenvalue weighted by Crippen LogP contribution is -2.17. The van der Waals surface area contributed by atoms with Crippen LogP contribution in [0.15, 0.2) is 24.3 Å². The summed E-state index contributed by atoms with van der Waals surface area (Å²) in [7, 11) is 1.60. The van der Waals surface area contributed by atoms with E-state index < -0.39 is 0 Å². The Labute approximate surface area is 108 Å². The van der Waals surface area contributed by atoms with E-state index in [4.69, 9.17) is 15.2 Å². The molecule has 18 heavy (non-hydrogen) atoms. The lowest BCUT2D eigenvalue weighted by molar-refractivity contribution is -0.144. The number of rotatable bonds is 7. The van der Waals surface area contributed by atoms with E-state index in [9.17, 15) is 4.79 Å². The van der Waals surface area contributed by atoms with Crippen molar-refractivity contribution in [2.75, 3.05) is 13.7 Å². The van der Waals surface area contributed by atoms with Crippen molar-refractivity contribution in [1.29, 1.82) is 0 Å². The van der Waals surface area contributed by atoms with Crippen LogP contribution in [0.2, 0.25) is 0 Å². The van der Waals surface area contributed by atoms with Gasteiger partial charge in [0.1, 0.15) is 5.75 Å². The Bertz CT molecular complexity index is 379. The Balaban J connectivity index is 2.48. The van der Waals surface area contributed by atoms with Gasteiger partial charge in [0.25, 0.3) is 0 Å². The van der Waals surface area contributed by atoms with Gasteiger partial charge < -0.3 is 15.2 Å². The fourth-order valence-electron chi connectivity index (χ4n) is 1.56. The molecule has 1 aromatic carbocycles. The SMILES string of the molecule is CCCCOC(=O)CC(N)c1cccc(OC)c1. The first kappa shape index (κ1) is 14.5. The van der Waals surface area contributed by atoms with Crippen LogP contribution in [0.4, 0.5) is 0 Å². The first-order valence-corrected chi connectivity index (χ1v) is 6.22. The van der Waals surface area contributed by atoms with Crippen LogP contribution >= 0.6 is 0 Å². The minimum atomic E-state index is -0.353. The fourth-order valence-corrected chi connectivity index (χ4v) is 1.56. The molecule has 0 amide bonds. The third kappa shape index (κ3) is 4.75. The molecule has 0 aliphatic carbocycles. The molecule has 0 aliphatic heterocycles. The third-order valence-electron chi connectivity index (χ3n) is 2.67. The number of nitrogens with two attached hydrogens (primary N) is 1. The molecule has 0 bridgehead atoms. The van der Waals surface area contributed by atoms with Gasteiger partial charge in [0.05, 0.1) is 20.1 Å². The molecular weight excluding hydrogens is 230 g/mol. The Morgan fingerprint density at radius 2 is 2.22 bits per heavy atom. The summed E-state index contributed by atoms with van der Waals surface area (Å²) in [5.41, 5.74) is 6.84. The zero-order valence-corrected chi connectivity index (χ0v) is 11.0. The average Bonchev–Trinajstić information content (AvgIpc) is 2.39. The van der Waals surface area contributed by atoms with Crippen LogP contribution in [0, 0.1) is 0 Å². The van der Waals surface area contributed by atoms with Gasteiger partial charge in [0.15, 0.2) is 0 Å². The standard InChI is InChI=1S/C14H21NO3/c1-3-4-8-18-14(16)10-13(15)11-6-5-7-12(9-11)17-2/h5-7,9,13H,3-4,8,10,15H2,1-2H3. The molecule has 0 fully saturated rings. The molecule has 1 atom stereocenters. The largest absolute Gasteiger partial charge is 0.497 e. The predicted octanol–water partition coefficient (Wildman–Crippen LogP) is 2.43. The van der Waals surface area contributed by atoms with Crippen LogP contribution < -0.4 is 10.5 Å². The normalized spacial score (nSPS) is 11.9. The minimum absolute atomic E-state index is 0.191. The van der Waals surface area contributed by atoms with Crippen LogP contribution in [0.25, 0.3) is 0 Å². The Morgan fingerprint density at radius 1 is 1.44 bits per heavy atom. The summed E-state index contributed by atoms with van der Waals surface area (Å²) in [5.74, 6) is 0.487. The molecule has 1 rings (SSSR count). The van der Waals surface area contributed by atoms with Crippen molar-refractivity contribution in [1.82, 2.24) is 0 Å². The van der Waals surface area contributed by atoms with E-state index in [2.05, 4.69) is 6.92 Å². The first-order valence-electron chi connectivity index (χ1n) is 6.22. The maximum Gasteiger partial charge on any atom is 0.307 e. The first-order chi connectivity index (χ1) is 8.67. The number of unbranched alkanes of at least 4 members (excludes halogenated alkanes) is 1. The van der Waals surface area contributed by atoms with Crippen molar-refractivity contribution in [2.24, 2.45) is 5.73 Å². The molecule has 2 N–H and O–H groups in total. The molecule has 1 unspecified atom stereocenters. The molecule has 100 valence electrons. The van der Waals surface area contributed by atoms with E-state index in [1.165, 1.54) is 0 Å². The van der Waals surface area contributed by atoms with E-state index in [0.717, 1.165) is 24.2 Å². The number of carbonyl (C=O) groups is 1. The molecule has 0 radical (unpaired) electrons.